The molecule has 2 fully saturated rings. The highest BCUT2D eigenvalue weighted by molar-refractivity contribution is 7.07. The quantitative estimate of drug-likeness (QED) is 0.866. The lowest BCUT2D eigenvalue weighted by atomic mass is 9.95. The van der Waals surface area contributed by atoms with Crippen LogP contribution in [0.2, 0.25) is 0 Å². The summed E-state index contributed by atoms with van der Waals surface area (Å²) in [4.78, 5) is 21.2. The summed E-state index contributed by atoms with van der Waals surface area (Å²) in [7, 11) is 0. The van der Waals surface area contributed by atoms with Crippen LogP contribution in [0.15, 0.2) is 41.4 Å². The molecule has 0 spiro atoms. The van der Waals surface area contributed by atoms with E-state index in [-0.39, 0.29) is 0 Å². The molecular weight excluding hydrogens is 306 g/mol. The molecule has 4 rings (SSSR count). The second-order valence-electron chi connectivity index (χ2n) is 6.44. The van der Waals surface area contributed by atoms with Crippen molar-refractivity contribution in [3.05, 3.63) is 52.5 Å². The topological polar surface area (TPSA) is 36.4 Å². The van der Waals surface area contributed by atoms with Gasteiger partial charge in [0, 0.05) is 50.5 Å². The molecule has 4 heterocycles. The van der Waals surface area contributed by atoms with Crippen molar-refractivity contribution < 1.29 is 4.79 Å². The summed E-state index contributed by atoms with van der Waals surface area (Å²) >= 11 is 1.76. The van der Waals surface area contributed by atoms with Gasteiger partial charge in [-0.05, 0) is 52.9 Å². The molecule has 0 radical (unpaired) electrons. The standard InChI is InChI=1S/C18H21N3OS/c22-18-2-1-16-17(21(18)12-14-3-7-19-8-4-14)5-9-20(16)11-15-6-10-23-13-15/h3-4,6-8,10,13,16-17H,1-2,5,9,11-12H2/t16-,17-/m1/s1. The van der Waals surface area contributed by atoms with Crippen LogP contribution in [-0.2, 0) is 17.9 Å². The number of fused-ring (bicyclic) bond motifs is 1. The van der Waals surface area contributed by atoms with Crippen molar-refractivity contribution in [1.82, 2.24) is 14.8 Å². The number of rotatable bonds is 4. The summed E-state index contributed by atoms with van der Waals surface area (Å²) in [6.45, 7) is 2.82. The van der Waals surface area contributed by atoms with Crippen LogP contribution in [0.25, 0.3) is 0 Å². The highest BCUT2D eigenvalue weighted by Gasteiger charge is 2.42. The predicted octanol–water partition coefficient (Wildman–Crippen LogP) is 2.91. The normalized spacial score (nSPS) is 24.9. The number of nitrogens with zero attached hydrogens (tertiary/aromatic N) is 3. The Morgan fingerprint density at radius 1 is 1.09 bits per heavy atom. The molecule has 0 N–H and O–H groups in total. The third kappa shape index (κ3) is 3.03. The summed E-state index contributed by atoms with van der Waals surface area (Å²) in [5, 5.41) is 4.37. The van der Waals surface area contributed by atoms with E-state index in [1.54, 1.807) is 23.7 Å². The van der Waals surface area contributed by atoms with Crippen LogP contribution in [0, 0.1) is 0 Å². The molecule has 0 bridgehead atoms. The first-order valence-electron chi connectivity index (χ1n) is 8.25. The number of aromatic nitrogens is 1. The first-order chi connectivity index (χ1) is 11.3. The van der Waals surface area contributed by atoms with Gasteiger partial charge in [-0.1, -0.05) is 0 Å². The van der Waals surface area contributed by atoms with E-state index in [2.05, 4.69) is 31.6 Å². The minimum Gasteiger partial charge on any atom is -0.334 e. The molecule has 0 aromatic carbocycles. The molecular formula is C18H21N3OS. The molecule has 2 atom stereocenters. The number of likely N-dealkylation sites (tertiary alicyclic amines) is 2. The van der Waals surface area contributed by atoms with Crippen molar-refractivity contribution in [2.24, 2.45) is 0 Å². The minimum atomic E-state index is 0.306. The van der Waals surface area contributed by atoms with Gasteiger partial charge in [0.1, 0.15) is 0 Å². The first-order valence-corrected chi connectivity index (χ1v) is 9.19. The smallest absolute Gasteiger partial charge is 0.223 e. The molecule has 2 aromatic heterocycles. The second kappa shape index (κ2) is 6.42. The van der Waals surface area contributed by atoms with E-state index in [4.69, 9.17) is 0 Å². The van der Waals surface area contributed by atoms with E-state index in [9.17, 15) is 4.79 Å². The summed E-state index contributed by atoms with van der Waals surface area (Å²) in [6.07, 6.45) is 6.37. The van der Waals surface area contributed by atoms with Crippen molar-refractivity contribution in [3.8, 4) is 0 Å². The lowest BCUT2D eigenvalue weighted by Gasteiger charge is -2.40. The van der Waals surface area contributed by atoms with Gasteiger partial charge in [0.25, 0.3) is 0 Å². The second-order valence-corrected chi connectivity index (χ2v) is 7.22. The SMILES string of the molecule is O=C1CC[C@@H]2[C@@H](CCN2Cc2ccsc2)N1Cc1ccncc1. The van der Waals surface area contributed by atoms with Crippen LogP contribution in [0.3, 0.4) is 0 Å². The summed E-state index contributed by atoms with van der Waals surface area (Å²) in [5.41, 5.74) is 2.57. The Morgan fingerprint density at radius 2 is 1.96 bits per heavy atom. The molecule has 2 aliphatic heterocycles. The van der Waals surface area contributed by atoms with Crippen molar-refractivity contribution in [2.45, 2.75) is 44.4 Å². The monoisotopic (exact) mass is 327 g/mol. The Hall–Kier alpha value is -1.72. The summed E-state index contributed by atoms with van der Waals surface area (Å²) < 4.78 is 0. The van der Waals surface area contributed by atoms with Gasteiger partial charge < -0.3 is 4.90 Å². The Balaban J connectivity index is 1.49. The highest BCUT2D eigenvalue weighted by atomic mass is 32.1. The van der Waals surface area contributed by atoms with E-state index >= 15 is 0 Å². The summed E-state index contributed by atoms with van der Waals surface area (Å²) in [5.74, 6) is 0.306. The van der Waals surface area contributed by atoms with Crippen LogP contribution in [-0.4, -0.2) is 39.3 Å². The fraction of sp³-hybridized carbons (Fsp3) is 0.444. The molecule has 120 valence electrons. The number of carbonyl (C=O) groups excluding carboxylic acids is 1. The average molecular weight is 327 g/mol. The summed E-state index contributed by atoms with van der Waals surface area (Å²) in [6, 6.07) is 7.10. The van der Waals surface area contributed by atoms with Gasteiger partial charge in [-0.25, -0.2) is 0 Å². The Labute approximate surface area is 140 Å². The lowest BCUT2D eigenvalue weighted by molar-refractivity contribution is -0.138. The van der Waals surface area contributed by atoms with Gasteiger partial charge in [-0.3, -0.25) is 14.7 Å². The van der Waals surface area contributed by atoms with E-state index in [1.807, 2.05) is 12.1 Å². The number of piperidine rings is 1. The van der Waals surface area contributed by atoms with Gasteiger partial charge in [0.15, 0.2) is 0 Å². The van der Waals surface area contributed by atoms with Crippen LogP contribution < -0.4 is 0 Å². The number of amides is 1. The molecule has 0 unspecified atom stereocenters. The molecule has 1 amide bonds. The van der Waals surface area contributed by atoms with Crippen LogP contribution in [0.5, 0.6) is 0 Å². The number of carbonyl (C=O) groups is 1. The molecule has 0 saturated carbocycles. The predicted molar refractivity (Wildman–Crippen MR) is 90.9 cm³/mol. The number of thiophene rings is 1. The molecule has 2 saturated heterocycles. The zero-order valence-electron chi connectivity index (χ0n) is 13.1. The molecule has 23 heavy (non-hydrogen) atoms. The third-order valence-corrected chi connectivity index (χ3v) is 5.80. The van der Waals surface area contributed by atoms with Gasteiger partial charge >= 0.3 is 0 Å². The van der Waals surface area contributed by atoms with Crippen LogP contribution in [0.4, 0.5) is 0 Å². The number of hydrogen-bond donors (Lipinski definition) is 0. The average Bonchev–Trinajstić information content (AvgIpc) is 3.22. The van der Waals surface area contributed by atoms with Crippen molar-refractivity contribution in [1.29, 1.82) is 0 Å². The third-order valence-electron chi connectivity index (χ3n) is 5.07. The van der Waals surface area contributed by atoms with Gasteiger partial charge in [-0.2, -0.15) is 11.3 Å². The van der Waals surface area contributed by atoms with Crippen LogP contribution >= 0.6 is 11.3 Å². The Kier molecular flexibility index (Phi) is 4.14. The lowest BCUT2D eigenvalue weighted by Crippen LogP contribution is -2.51. The van der Waals surface area contributed by atoms with Gasteiger partial charge in [0.2, 0.25) is 5.91 Å². The van der Waals surface area contributed by atoms with Crippen LogP contribution in [0.1, 0.15) is 30.4 Å². The number of pyridine rings is 1. The Morgan fingerprint density at radius 3 is 2.74 bits per heavy atom. The van der Waals surface area contributed by atoms with Crippen molar-refractivity contribution in [3.63, 3.8) is 0 Å². The van der Waals surface area contributed by atoms with Gasteiger partial charge in [0.05, 0.1) is 0 Å². The fourth-order valence-corrected chi connectivity index (χ4v) is 4.60. The van der Waals surface area contributed by atoms with Gasteiger partial charge in [-0.15, -0.1) is 0 Å². The Bertz CT molecular complexity index is 658. The molecule has 2 aliphatic rings. The molecule has 2 aromatic rings. The molecule has 5 heteroatoms. The largest absolute Gasteiger partial charge is 0.334 e. The van der Waals surface area contributed by atoms with Crippen molar-refractivity contribution in [2.75, 3.05) is 6.54 Å². The first kappa shape index (κ1) is 14.8. The maximum atomic E-state index is 12.5. The van der Waals surface area contributed by atoms with E-state index < -0.39 is 0 Å². The zero-order valence-corrected chi connectivity index (χ0v) is 13.9. The number of hydrogen-bond acceptors (Lipinski definition) is 4. The zero-order chi connectivity index (χ0) is 15.6. The highest BCUT2D eigenvalue weighted by Crippen LogP contribution is 2.33. The van der Waals surface area contributed by atoms with E-state index in [1.165, 1.54) is 11.1 Å². The molecule has 4 nitrogen and oxygen atoms in total. The fourth-order valence-electron chi connectivity index (χ4n) is 3.94. The van der Waals surface area contributed by atoms with Crippen molar-refractivity contribution >= 4 is 17.2 Å². The molecule has 0 aliphatic carbocycles. The van der Waals surface area contributed by atoms with E-state index in [0.29, 0.717) is 24.4 Å². The maximum Gasteiger partial charge on any atom is 0.223 e. The maximum absolute atomic E-state index is 12.5. The minimum absolute atomic E-state index is 0.306. The van der Waals surface area contributed by atoms with E-state index in [0.717, 1.165) is 32.5 Å².